The summed E-state index contributed by atoms with van der Waals surface area (Å²) in [6.45, 7) is 8.40. The van der Waals surface area contributed by atoms with Crippen molar-refractivity contribution in [2.45, 2.75) is 26.9 Å². The molecule has 2 aromatic rings. The van der Waals surface area contributed by atoms with E-state index in [1.54, 1.807) is 24.3 Å². The Morgan fingerprint density at radius 1 is 1.23 bits per heavy atom. The van der Waals surface area contributed by atoms with Crippen LogP contribution in [0.4, 0.5) is 4.79 Å². The summed E-state index contributed by atoms with van der Waals surface area (Å²) in [6.07, 6.45) is 3.57. The Hall–Kier alpha value is -4.05. The first-order chi connectivity index (χ1) is 14.9. The minimum absolute atomic E-state index is 0.265. The molecule has 0 spiro atoms. The molecule has 7 heteroatoms. The van der Waals surface area contributed by atoms with Crippen LogP contribution >= 0.6 is 0 Å². The lowest BCUT2D eigenvalue weighted by molar-refractivity contribution is -0.115. The molecule has 2 rings (SSSR count). The number of hydrogen-bond acceptors (Lipinski definition) is 5. The standard InChI is InChI=1S/C24H25N3O4/c1-4-6-19-11-18(12-20(14-25)23(28)27-24(26)29)13-21(30-5-2)22(19)31-15-17-9-7-16(3)8-10-17/h4,7-13H,1,5-6,15H2,2-3H3,(H3,26,27,28,29)/b20-12-. The van der Waals surface area contributed by atoms with E-state index in [0.29, 0.717) is 36.7 Å². The second-order valence-corrected chi connectivity index (χ2v) is 6.70. The zero-order valence-corrected chi connectivity index (χ0v) is 17.6. The number of benzene rings is 2. The van der Waals surface area contributed by atoms with Crippen molar-refractivity contribution in [3.05, 3.63) is 76.9 Å². The Morgan fingerprint density at radius 3 is 2.52 bits per heavy atom. The number of carbonyl (C=O) groups is 2. The maximum Gasteiger partial charge on any atom is 0.319 e. The molecule has 3 N–H and O–H groups in total. The van der Waals surface area contributed by atoms with Crippen LogP contribution in [0, 0.1) is 18.3 Å². The van der Waals surface area contributed by atoms with Crippen molar-refractivity contribution < 1.29 is 19.1 Å². The van der Waals surface area contributed by atoms with Gasteiger partial charge < -0.3 is 15.2 Å². The Morgan fingerprint density at radius 2 is 1.94 bits per heavy atom. The first kappa shape index (κ1) is 23.2. The van der Waals surface area contributed by atoms with Crippen LogP contribution in [-0.4, -0.2) is 18.5 Å². The summed E-state index contributed by atoms with van der Waals surface area (Å²) in [4.78, 5) is 22.9. The van der Waals surface area contributed by atoms with Crippen LogP contribution in [-0.2, 0) is 17.8 Å². The van der Waals surface area contributed by atoms with Gasteiger partial charge in [0, 0.05) is 5.56 Å². The molecule has 0 unspecified atom stereocenters. The number of rotatable bonds is 9. The van der Waals surface area contributed by atoms with Crippen molar-refractivity contribution in [2.75, 3.05) is 6.61 Å². The monoisotopic (exact) mass is 419 g/mol. The van der Waals surface area contributed by atoms with E-state index in [2.05, 4.69) is 6.58 Å². The molecular formula is C24H25N3O4. The molecule has 0 atom stereocenters. The maximum absolute atomic E-state index is 12.0. The Kier molecular flexibility index (Phi) is 8.41. The van der Waals surface area contributed by atoms with Crippen LogP contribution in [0.5, 0.6) is 11.5 Å². The quantitative estimate of drug-likeness (QED) is 0.364. The van der Waals surface area contributed by atoms with Gasteiger partial charge in [-0.1, -0.05) is 35.9 Å². The van der Waals surface area contributed by atoms with E-state index in [-0.39, 0.29) is 5.57 Å². The van der Waals surface area contributed by atoms with E-state index in [4.69, 9.17) is 15.2 Å². The van der Waals surface area contributed by atoms with Gasteiger partial charge in [-0.25, -0.2) is 4.79 Å². The van der Waals surface area contributed by atoms with E-state index in [1.807, 2.05) is 43.4 Å². The molecule has 160 valence electrons. The Bertz CT molecular complexity index is 1030. The fraction of sp³-hybridized carbons (Fsp3) is 0.208. The van der Waals surface area contributed by atoms with Gasteiger partial charge in [-0.05, 0) is 49.6 Å². The molecule has 0 heterocycles. The lowest BCUT2D eigenvalue weighted by atomic mass is 10.0. The number of allylic oxidation sites excluding steroid dienone is 1. The maximum atomic E-state index is 12.0. The van der Waals surface area contributed by atoms with Gasteiger partial charge in [-0.15, -0.1) is 6.58 Å². The normalized spacial score (nSPS) is 10.7. The highest BCUT2D eigenvalue weighted by Crippen LogP contribution is 2.35. The summed E-state index contributed by atoms with van der Waals surface area (Å²) in [5, 5.41) is 11.2. The molecule has 7 nitrogen and oxygen atoms in total. The Balaban J connectivity index is 2.43. The molecule has 0 fully saturated rings. The molecule has 0 radical (unpaired) electrons. The van der Waals surface area contributed by atoms with Gasteiger partial charge in [-0.3, -0.25) is 10.1 Å². The fourth-order valence-electron chi connectivity index (χ4n) is 2.83. The molecule has 0 bridgehead atoms. The lowest BCUT2D eigenvalue weighted by Gasteiger charge is -2.17. The molecule has 0 aliphatic heterocycles. The van der Waals surface area contributed by atoms with Crippen molar-refractivity contribution in [2.24, 2.45) is 5.73 Å². The van der Waals surface area contributed by atoms with Crippen LogP contribution in [0.1, 0.15) is 29.2 Å². The number of ether oxygens (including phenoxy) is 2. The van der Waals surface area contributed by atoms with Crippen molar-refractivity contribution in [1.82, 2.24) is 5.32 Å². The Labute approximate surface area is 181 Å². The number of amides is 3. The second kappa shape index (κ2) is 11.2. The predicted octanol–water partition coefficient (Wildman–Crippen LogP) is 3.80. The van der Waals surface area contributed by atoms with Gasteiger partial charge in [0.2, 0.25) is 0 Å². The largest absolute Gasteiger partial charge is 0.490 e. The summed E-state index contributed by atoms with van der Waals surface area (Å²) in [7, 11) is 0. The van der Waals surface area contributed by atoms with E-state index < -0.39 is 11.9 Å². The molecule has 0 aliphatic carbocycles. The van der Waals surface area contributed by atoms with Crippen molar-refractivity contribution in [3.8, 4) is 17.6 Å². The summed E-state index contributed by atoms with van der Waals surface area (Å²) < 4.78 is 11.9. The van der Waals surface area contributed by atoms with Crippen LogP contribution in [0.2, 0.25) is 0 Å². The van der Waals surface area contributed by atoms with Gasteiger partial charge in [-0.2, -0.15) is 5.26 Å². The van der Waals surface area contributed by atoms with Crippen LogP contribution in [0.15, 0.2) is 54.6 Å². The fourth-order valence-corrected chi connectivity index (χ4v) is 2.83. The number of aryl methyl sites for hydroxylation is 1. The third-order valence-electron chi connectivity index (χ3n) is 4.23. The number of nitrogens with one attached hydrogen (secondary N) is 1. The van der Waals surface area contributed by atoms with Crippen molar-refractivity contribution in [3.63, 3.8) is 0 Å². The van der Waals surface area contributed by atoms with E-state index in [0.717, 1.165) is 16.7 Å². The van der Waals surface area contributed by atoms with Crippen molar-refractivity contribution in [1.29, 1.82) is 5.26 Å². The van der Waals surface area contributed by atoms with Gasteiger partial charge in [0.1, 0.15) is 18.2 Å². The highest BCUT2D eigenvalue weighted by atomic mass is 16.5. The van der Waals surface area contributed by atoms with Gasteiger partial charge in [0.05, 0.1) is 6.61 Å². The number of hydrogen-bond donors (Lipinski definition) is 2. The number of nitriles is 1. The predicted molar refractivity (Wildman–Crippen MR) is 118 cm³/mol. The molecule has 0 saturated carbocycles. The minimum atomic E-state index is -1.03. The van der Waals surface area contributed by atoms with E-state index >= 15 is 0 Å². The smallest absolute Gasteiger partial charge is 0.319 e. The third-order valence-corrected chi connectivity index (χ3v) is 4.23. The van der Waals surface area contributed by atoms with Gasteiger partial charge >= 0.3 is 6.03 Å². The van der Waals surface area contributed by atoms with Gasteiger partial charge in [0.25, 0.3) is 5.91 Å². The molecule has 3 amide bonds. The average molecular weight is 419 g/mol. The number of primary amides is 1. The number of urea groups is 1. The summed E-state index contributed by atoms with van der Waals surface area (Å²) in [5.41, 5.74) is 8.19. The number of nitrogens with zero attached hydrogens (tertiary/aromatic N) is 1. The van der Waals surface area contributed by atoms with Crippen LogP contribution in [0.3, 0.4) is 0 Å². The summed E-state index contributed by atoms with van der Waals surface area (Å²) in [5.74, 6) is 0.172. The van der Waals surface area contributed by atoms with E-state index in [1.165, 1.54) is 6.08 Å². The molecule has 0 saturated heterocycles. The molecule has 0 aromatic heterocycles. The molecule has 31 heavy (non-hydrogen) atoms. The highest BCUT2D eigenvalue weighted by Gasteiger charge is 2.16. The molecule has 2 aromatic carbocycles. The van der Waals surface area contributed by atoms with Crippen LogP contribution < -0.4 is 20.5 Å². The number of carbonyl (C=O) groups excluding carboxylic acids is 2. The summed E-state index contributed by atoms with van der Waals surface area (Å²) >= 11 is 0. The second-order valence-electron chi connectivity index (χ2n) is 6.70. The number of nitrogens with two attached hydrogens (primary N) is 1. The molecular weight excluding hydrogens is 394 g/mol. The van der Waals surface area contributed by atoms with Crippen molar-refractivity contribution >= 4 is 18.0 Å². The zero-order valence-electron chi connectivity index (χ0n) is 17.6. The van der Waals surface area contributed by atoms with Crippen LogP contribution in [0.25, 0.3) is 6.08 Å². The number of imide groups is 1. The zero-order chi connectivity index (χ0) is 22.8. The lowest BCUT2D eigenvalue weighted by Crippen LogP contribution is -2.35. The SMILES string of the molecule is C=CCc1cc(/C=C(/C#N)C(=O)NC(N)=O)cc(OCC)c1OCc1ccc(C)cc1. The summed E-state index contributed by atoms with van der Waals surface area (Å²) in [6, 6.07) is 12.2. The first-order valence-electron chi connectivity index (χ1n) is 9.69. The highest BCUT2D eigenvalue weighted by molar-refractivity contribution is 6.08. The first-order valence-corrected chi connectivity index (χ1v) is 9.69. The average Bonchev–Trinajstić information content (AvgIpc) is 2.72. The minimum Gasteiger partial charge on any atom is -0.490 e. The topological polar surface area (TPSA) is 114 Å². The molecule has 0 aliphatic rings. The van der Waals surface area contributed by atoms with Gasteiger partial charge in [0.15, 0.2) is 11.5 Å². The third kappa shape index (κ3) is 6.75. The van der Waals surface area contributed by atoms with E-state index in [9.17, 15) is 14.9 Å².